The molecule has 0 radical (unpaired) electrons. The number of aromatic nitrogens is 5. The minimum absolute atomic E-state index is 0.163. The second kappa shape index (κ2) is 9.18. The number of halogens is 2. The summed E-state index contributed by atoms with van der Waals surface area (Å²) in [5.74, 6) is -0.845. The Balaban J connectivity index is 1.28. The Hall–Kier alpha value is -4.38. The van der Waals surface area contributed by atoms with Crippen molar-refractivity contribution in [2.75, 3.05) is 25.9 Å². The molecule has 9 nitrogen and oxygen atoms in total. The molecule has 0 spiro atoms. The molecule has 6 rings (SSSR count). The van der Waals surface area contributed by atoms with Crippen molar-refractivity contribution in [3.05, 3.63) is 66.6 Å². The highest BCUT2D eigenvalue weighted by Gasteiger charge is 2.45. The number of fused-ring (bicyclic) bond motifs is 2. The summed E-state index contributed by atoms with van der Waals surface area (Å²) >= 11 is 0. The van der Waals surface area contributed by atoms with Crippen LogP contribution in [-0.2, 0) is 0 Å². The summed E-state index contributed by atoms with van der Waals surface area (Å²) in [6.45, 7) is 2.09. The summed E-state index contributed by atoms with van der Waals surface area (Å²) in [5.41, 5.74) is 9.14. The maximum atomic E-state index is 14.6. The molecular weight excluding hydrogens is 492 g/mol. The first kappa shape index (κ1) is 24.0. The Bertz CT molecular complexity index is 1660. The fourth-order valence-electron chi connectivity index (χ4n) is 4.68. The number of pyridine rings is 1. The zero-order chi connectivity index (χ0) is 26.4. The lowest BCUT2D eigenvalue weighted by molar-refractivity contribution is -0.134. The van der Waals surface area contributed by atoms with E-state index < -0.39 is 12.0 Å². The summed E-state index contributed by atoms with van der Waals surface area (Å²) in [6.07, 6.45) is 2.22. The van der Waals surface area contributed by atoms with E-state index in [1.807, 2.05) is 31.2 Å². The van der Waals surface area contributed by atoms with Crippen LogP contribution in [-0.4, -0.2) is 61.6 Å². The van der Waals surface area contributed by atoms with Crippen LogP contribution in [0.1, 0.15) is 12.0 Å². The highest BCUT2D eigenvalue weighted by Crippen LogP contribution is 2.36. The quantitative estimate of drug-likeness (QED) is 0.357. The molecule has 3 aromatic heterocycles. The van der Waals surface area contributed by atoms with Crippen LogP contribution in [0.15, 0.2) is 61.1 Å². The molecule has 1 aliphatic rings. The monoisotopic (exact) mass is 517 g/mol. The van der Waals surface area contributed by atoms with Crippen molar-refractivity contribution in [1.29, 1.82) is 0 Å². The molecule has 1 unspecified atom stereocenters. The number of anilines is 1. The van der Waals surface area contributed by atoms with E-state index in [1.54, 1.807) is 46.9 Å². The van der Waals surface area contributed by atoms with Gasteiger partial charge in [0.2, 0.25) is 0 Å². The lowest BCUT2D eigenvalue weighted by Gasteiger charge is -2.36. The zero-order valence-electron chi connectivity index (χ0n) is 20.8. The molecule has 1 saturated heterocycles. The third kappa shape index (κ3) is 4.45. The Morgan fingerprint density at radius 2 is 1.95 bits per heavy atom. The molecule has 0 amide bonds. The third-order valence-electron chi connectivity index (χ3n) is 6.62. The SMILES string of the molecule is Cc1cc(-c2nc(N)c3c(OC4CCN(C)CC4(F)F)cccc3n2)ccc1Oc1ccn2ncnc2c1. The van der Waals surface area contributed by atoms with E-state index in [4.69, 9.17) is 15.2 Å². The number of rotatable bonds is 5. The lowest BCUT2D eigenvalue weighted by atomic mass is 10.0. The molecule has 1 fully saturated rings. The lowest BCUT2D eigenvalue weighted by Crippen LogP contribution is -2.52. The number of benzene rings is 2. The van der Waals surface area contributed by atoms with Gasteiger partial charge in [0.25, 0.3) is 5.92 Å². The van der Waals surface area contributed by atoms with Gasteiger partial charge >= 0.3 is 0 Å². The van der Waals surface area contributed by atoms with E-state index in [-0.39, 0.29) is 24.5 Å². The molecule has 0 bridgehead atoms. The number of aryl methyl sites for hydroxylation is 1. The van der Waals surface area contributed by atoms with Gasteiger partial charge in [-0.15, -0.1) is 0 Å². The van der Waals surface area contributed by atoms with Crippen LogP contribution in [0.2, 0.25) is 0 Å². The maximum absolute atomic E-state index is 14.6. The molecular formula is C27H25F2N7O2. The molecule has 1 atom stereocenters. The minimum atomic E-state index is -2.98. The van der Waals surface area contributed by atoms with Crippen molar-refractivity contribution in [2.45, 2.75) is 25.4 Å². The molecule has 2 aromatic carbocycles. The van der Waals surface area contributed by atoms with E-state index in [9.17, 15) is 8.78 Å². The average Bonchev–Trinajstić information content (AvgIpc) is 3.34. The van der Waals surface area contributed by atoms with Gasteiger partial charge in [-0.1, -0.05) is 6.07 Å². The Kier molecular flexibility index (Phi) is 5.79. The summed E-state index contributed by atoms with van der Waals surface area (Å²) in [5, 5.41) is 4.51. The highest BCUT2D eigenvalue weighted by molar-refractivity contribution is 5.95. The number of piperidine rings is 1. The van der Waals surface area contributed by atoms with E-state index in [1.165, 1.54) is 6.33 Å². The predicted octanol–water partition coefficient (Wildman–Crippen LogP) is 4.74. The van der Waals surface area contributed by atoms with Gasteiger partial charge in [0.1, 0.15) is 29.4 Å². The molecule has 194 valence electrons. The van der Waals surface area contributed by atoms with Gasteiger partial charge in [0.05, 0.1) is 17.4 Å². The number of likely N-dealkylation sites (tertiary alicyclic amines) is 1. The van der Waals surface area contributed by atoms with Crippen LogP contribution >= 0.6 is 0 Å². The van der Waals surface area contributed by atoms with Crippen LogP contribution in [0.4, 0.5) is 14.6 Å². The fourth-order valence-corrected chi connectivity index (χ4v) is 4.68. The molecule has 5 aromatic rings. The molecule has 0 saturated carbocycles. The summed E-state index contributed by atoms with van der Waals surface area (Å²) in [7, 11) is 1.67. The van der Waals surface area contributed by atoms with Crippen molar-refractivity contribution in [3.63, 3.8) is 0 Å². The van der Waals surface area contributed by atoms with Gasteiger partial charge in [-0.2, -0.15) is 5.10 Å². The van der Waals surface area contributed by atoms with Crippen molar-refractivity contribution < 1.29 is 18.3 Å². The second-order valence-electron chi connectivity index (χ2n) is 9.48. The largest absolute Gasteiger partial charge is 0.483 e. The van der Waals surface area contributed by atoms with Crippen LogP contribution in [0.5, 0.6) is 17.2 Å². The van der Waals surface area contributed by atoms with Gasteiger partial charge < -0.3 is 20.1 Å². The van der Waals surface area contributed by atoms with Gasteiger partial charge in [-0.25, -0.2) is 28.2 Å². The molecule has 2 N–H and O–H groups in total. The average molecular weight is 518 g/mol. The Labute approximate surface area is 216 Å². The number of hydrogen-bond acceptors (Lipinski definition) is 8. The van der Waals surface area contributed by atoms with Crippen molar-refractivity contribution >= 4 is 22.4 Å². The zero-order valence-corrected chi connectivity index (χ0v) is 20.8. The number of nitrogens with zero attached hydrogens (tertiary/aromatic N) is 6. The fraction of sp³-hybridized carbons (Fsp3) is 0.259. The van der Waals surface area contributed by atoms with Crippen molar-refractivity contribution in [2.24, 2.45) is 0 Å². The van der Waals surface area contributed by atoms with E-state index in [2.05, 4.69) is 20.1 Å². The molecule has 1 aliphatic heterocycles. The highest BCUT2D eigenvalue weighted by atomic mass is 19.3. The first-order chi connectivity index (χ1) is 18.3. The molecule has 4 heterocycles. The molecule has 38 heavy (non-hydrogen) atoms. The van der Waals surface area contributed by atoms with Gasteiger partial charge in [-0.3, -0.25) is 0 Å². The Morgan fingerprint density at radius 1 is 1.08 bits per heavy atom. The molecule has 0 aliphatic carbocycles. The predicted molar refractivity (Wildman–Crippen MR) is 139 cm³/mol. The third-order valence-corrected chi connectivity index (χ3v) is 6.62. The number of hydrogen-bond donors (Lipinski definition) is 1. The van der Waals surface area contributed by atoms with Crippen LogP contribution < -0.4 is 15.2 Å². The topological polar surface area (TPSA) is 104 Å². The Morgan fingerprint density at radius 3 is 2.76 bits per heavy atom. The molecule has 11 heteroatoms. The number of ether oxygens (including phenoxy) is 2. The normalized spacial score (nSPS) is 17.6. The second-order valence-corrected chi connectivity index (χ2v) is 9.48. The van der Waals surface area contributed by atoms with Gasteiger partial charge in [0, 0.05) is 30.8 Å². The number of nitrogens with two attached hydrogens (primary N) is 1. The van der Waals surface area contributed by atoms with E-state index in [0.29, 0.717) is 40.4 Å². The van der Waals surface area contributed by atoms with Crippen molar-refractivity contribution in [1.82, 2.24) is 29.5 Å². The summed E-state index contributed by atoms with van der Waals surface area (Å²) in [4.78, 5) is 14.9. The van der Waals surface area contributed by atoms with Crippen molar-refractivity contribution in [3.8, 4) is 28.6 Å². The first-order valence-corrected chi connectivity index (χ1v) is 12.1. The summed E-state index contributed by atoms with van der Waals surface area (Å²) in [6, 6.07) is 14.3. The standard InChI is InChI=1S/C27H25F2N7O2/c1-16-12-17(6-7-20(16)37-18-8-11-36-23(13-18)31-15-32-36)26-33-19-4-3-5-21(24(19)25(30)34-26)38-22-9-10-35(2)14-27(22,28)29/h3-8,11-13,15,22H,9-10,14H2,1-2H3,(H2,30,33,34). The van der Waals surface area contributed by atoms with Crippen LogP contribution in [0.25, 0.3) is 27.9 Å². The van der Waals surface area contributed by atoms with E-state index in [0.717, 1.165) is 11.1 Å². The van der Waals surface area contributed by atoms with Crippen LogP contribution in [0.3, 0.4) is 0 Å². The first-order valence-electron chi connectivity index (χ1n) is 12.1. The minimum Gasteiger partial charge on any atom is -0.483 e. The number of alkyl halides is 2. The maximum Gasteiger partial charge on any atom is 0.296 e. The van der Waals surface area contributed by atoms with E-state index >= 15 is 0 Å². The summed E-state index contributed by atoms with van der Waals surface area (Å²) < 4.78 is 42.7. The van der Waals surface area contributed by atoms with Gasteiger partial charge in [-0.05, 0) is 55.9 Å². The smallest absolute Gasteiger partial charge is 0.296 e. The van der Waals surface area contributed by atoms with Gasteiger partial charge in [0.15, 0.2) is 17.6 Å². The number of nitrogen functional groups attached to an aromatic ring is 1. The van der Waals surface area contributed by atoms with Crippen LogP contribution in [0, 0.1) is 6.92 Å².